The Hall–Kier alpha value is -2.07. The van der Waals surface area contributed by atoms with Crippen LogP contribution >= 0.6 is 0 Å². The van der Waals surface area contributed by atoms with E-state index < -0.39 is 49.7 Å². The monoisotopic (exact) mass is 492 g/mol. The molecule has 0 saturated carbocycles. The molecule has 2 N–H and O–H groups in total. The molecule has 170 valence electrons. The van der Waals surface area contributed by atoms with E-state index in [0.717, 1.165) is 22.8 Å². The zero-order chi connectivity index (χ0) is 23.4. The largest absolute Gasteiger partial charge is 0.397 e. The number of azo groups is 1. The van der Waals surface area contributed by atoms with Gasteiger partial charge in [-0.25, -0.2) is 8.39 Å². The third kappa shape index (κ3) is 7.53. The maximum atomic E-state index is 12.1. The van der Waals surface area contributed by atoms with Gasteiger partial charge in [-0.1, -0.05) is 6.07 Å². The van der Waals surface area contributed by atoms with Crippen LogP contribution in [0, 0.1) is 20.8 Å². The summed E-state index contributed by atoms with van der Waals surface area (Å²) in [5.74, 6) is 0. The normalized spacial score (nSPS) is 13.6. The fourth-order valence-electron chi connectivity index (χ4n) is 2.37. The molecule has 0 aliphatic heterocycles. The van der Waals surface area contributed by atoms with Crippen molar-refractivity contribution in [3.05, 3.63) is 47.0 Å². The second-order valence-electron chi connectivity index (χ2n) is 6.33. The molecule has 0 aromatic heterocycles. The molecule has 0 radical (unpaired) electrons. The highest BCUT2D eigenvalue weighted by molar-refractivity contribution is 7.86. The van der Waals surface area contributed by atoms with Gasteiger partial charge in [-0.05, 0) is 61.7 Å². The second-order valence-corrected chi connectivity index (χ2v) is 9.99. The molecule has 31 heavy (non-hydrogen) atoms. The summed E-state index contributed by atoms with van der Waals surface area (Å²) in [6.07, 6.45) is 0. The van der Waals surface area contributed by atoms with Crippen molar-refractivity contribution in [3.63, 3.8) is 0 Å². The number of nitrogens with zero attached hydrogens (tertiary/aromatic N) is 2. The minimum absolute atomic E-state index is 0.138. The van der Waals surface area contributed by atoms with Crippen molar-refractivity contribution in [2.75, 3.05) is 13.2 Å². The topological polar surface area (TPSA) is 169 Å². The molecule has 2 aromatic rings. The van der Waals surface area contributed by atoms with E-state index in [1.807, 2.05) is 26.8 Å². The summed E-state index contributed by atoms with van der Waals surface area (Å²) in [6, 6.07) is 7.02. The molecule has 2 rings (SSSR count). The van der Waals surface area contributed by atoms with E-state index >= 15 is 0 Å². The van der Waals surface area contributed by atoms with Gasteiger partial charge in [0.15, 0.2) is 11.1 Å². The maximum absolute atomic E-state index is 12.1. The van der Waals surface area contributed by atoms with Crippen LogP contribution < -0.4 is 0 Å². The lowest BCUT2D eigenvalue weighted by atomic mass is 10.1. The highest BCUT2D eigenvalue weighted by Crippen LogP contribution is 2.30. The molecule has 0 saturated heterocycles. The Morgan fingerprint density at radius 2 is 1.48 bits per heavy atom. The molecule has 1 unspecified atom stereocenters. The first kappa shape index (κ1) is 25.2. The summed E-state index contributed by atoms with van der Waals surface area (Å²) in [5.41, 5.74) is 3.17. The van der Waals surface area contributed by atoms with Crippen LogP contribution in [0.1, 0.15) is 16.7 Å². The highest BCUT2D eigenvalue weighted by Gasteiger charge is 2.19. The maximum Gasteiger partial charge on any atom is 0.397 e. The minimum atomic E-state index is -4.74. The smallest absolute Gasteiger partial charge is 0.284 e. The van der Waals surface area contributed by atoms with Crippen molar-refractivity contribution in [3.8, 4) is 0 Å². The van der Waals surface area contributed by atoms with Crippen LogP contribution in [0.4, 0.5) is 11.4 Å². The first-order chi connectivity index (χ1) is 14.3. The summed E-state index contributed by atoms with van der Waals surface area (Å²) in [4.78, 5) is -0.776. The van der Waals surface area contributed by atoms with Gasteiger partial charge in [0, 0.05) is 0 Å². The first-order valence-electron chi connectivity index (χ1n) is 8.56. The average molecular weight is 493 g/mol. The lowest BCUT2D eigenvalue weighted by Gasteiger charge is -2.07. The van der Waals surface area contributed by atoms with Crippen LogP contribution in [0.25, 0.3) is 0 Å². The van der Waals surface area contributed by atoms with Gasteiger partial charge in [0.1, 0.15) is 10.6 Å². The third-order valence-electron chi connectivity index (χ3n) is 3.99. The molecule has 0 bridgehead atoms. The van der Waals surface area contributed by atoms with Crippen molar-refractivity contribution < 1.29 is 38.5 Å². The summed E-state index contributed by atoms with van der Waals surface area (Å²) < 4.78 is 83.4. The Morgan fingerprint density at radius 1 is 0.871 bits per heavy atom. The molecule has 11 nitrogen and oxygen atoms in total. The van der Waals surface area contributed by atoms with Gasteiger partial charge in [0.25, 0.3) is 10.1 Å². The van der Waals surface area contributed by atoms with Crippen LogP contribution in [0.5, 0.6) is 0 Å². The summed E-state index contributed by atoms with van der Waals surface area (Å²) in [6.45, 7) is 4.55. The van der Waals surface area contributed by atoms with Crippen LogP contribution in [-0.4, -0.2) is 43.4 Å². The van der Waals surface area contributed by atoms with Crippen LogP contribution in [0.15, 0.2) is 50.4 Å². The predicted molar refractivity (Wildman–Crippen MR) is 111 cm³/mol. The summed E-state index contributed by atoms with van der Waals surface area (Å²) in [5, 5.41) is 7.96. The second kappa shape index (κ2) is 10.0. The molecule has 0 fully saturated rings. The average Bonchev–Trinajstić information content (AvgIpc) is 2.65. The van der Waals surface area contributed by atoms with E-state index in [2.05, 4.69) is 14.4 Å². The van der Waals surface area contributed by atoms with Crippen molar-refractivity contribution >= 4 is 43.0 Å². The molecule has 0 aliphatic carbocycles. The molecule has 0 heterocycles. The molecule has 14 heteroatoms. The van der Waals surface area contributed by atoms with Gasteiger partial charge in [0.05, 0.1) is 23.8 Å². The molecular formula is C17H20N2O9S3. The van der Waals surface area contributed by atoms with E-state index in [0.29, 0.717) is 5.69 Å². The number of benzene rings is 2. The molecule has 1 atom stereocenters. The van der Waals surface area contributed by atoms with E-state index in [1.54, 1.807) is 6.07 Å². The van der Waals surface area contributed by atoms with Crippen molar-refractivity contribution in [1.82, 2.24) is 0 Å². The molecule has 2 aromatic carbocycles. The van der Waals surface area contributed by atoms with Gasteiger partial charge in [-0.3, -0.25) is 13.3 Å². The van der Waals surface area contributed by atoms with Crippen molar-refractivity contribution in [2.24, 2.45) is 10.2 Å². The van der Waals surface area contributed by atoms with Crippen LogP contribution in [0.2, 0.25) is 0 Å². The van der Waals surface area contributed by atoms with Gasteiger partial charge in [-0.2, -0.15) is 21.9 Å². The van der Waals surface area contributed by atoms with Gasteiger partial charge in [0.2, 0.25) is 0 Å². The summed E-state index contributed by atoms with van der Waals surface area (Å²) >= 11 is -2.22. The van der Waals surface area contributed by atoms with Gasteiger partial charge in [-0.15, -0.1) is 5.11 Å². The van der Waals surface area contributed by atoms with Crippen molar-refractivity contribution in [2.45, 2.75) is 30.6 Å². The molecule has 0 amide bonds. The number of hydrogen-bond donors (Lipinski definition) is 2. The zero-order valence-electron chi connectivity index (χ0n) is 16.7. The van der Waals surface area contributed by atoms with E-state index in [-0.39, 0.29) is 10.6 Å². The number of rotatable bonds is 9. The Bertz CT molecular complexity index is 1240. The molecule has 0 spiro atoms. The van der Waals surface area contributed by atoms with E-state index in [9.17, 15) is 25.6 Å². The van der Waals surface area contributed by atoms with Crippen LogP contribution in [0.3, 0.4) is 0 Å². The minimum Gasteiger partial charge on any atom is -0.284 e. The molecular weight excluding hydrogens is 472 g/mol. The zero-order valence-corrected chi connectivity index (χ0v) is 19.1. The van der Waals surface area contributed by atoms with Gasteiger partial charge >= 0.3 is 10.4 Å². The lowest BCUT2D eigenvalue weighted by molar-refractivity contribution is 0.212. The third-order valence-corrected chi connectivity index (χ3v) is 6.35. The lowest BCUT2D eigenvalue weighted by Crippen LogP contribution is -2.11. The SMILES string of the molecule is Cc1cc(C)c(N=Nc2ccc(S(=O)OCCOS(=O)(=O)O)cc2S(=O)(=O)O)cc1C. The fourth-order valence-corrected chi connectivity index (χ4v) is 4.12. The quantitative estimate of drug-likeness (QED) is 0.303. The van der Waals surface area contributed by atoms with Gasteiger partial charge < -0.3 is 0 Å². The standard InChI is InChI=1S/C17H20N2O9S3/c1-11-8-13(3)16(9-12(11)2)19-18-15-5-4-14(10-17(15)30(21,22)23)29(20)27-6-7-28-31(24,25)26/h4-5,8-10H,6-7H2,1-3H3,(H,21,22,23)(H,24,25,26). The number of aryl methyl sites for hydroxylation is 3. The number of hydrogen-bond acceptors (Lipinski definition) is 9. The first-order valence-corrected chi connectivity index (χ1v) is 12.4. The van der Waals surface area contributed by atoms with Crippen molar-refractivity contribution in [1.29, 1.82) is 0 Å². The Kier molecular flexibility index (Phi) is 8.15. The highest BCUT2D eigenvalue weighted by atomic mass is 32.3. The summed E-state index contributed by atoms with van der Waals surface area (Å²) in [7, 11) is -9.41. The van der Waals surface area contributed by atoms with E-state index in [4.69, 9.17) is 8.74 Å². The Morgan fingerprint density at radius 3 is 2.10 bits per heavy atom. The molecule has 0 aliphatic rings. The van der Waals surface area contributed by atoms with E-state index in [1.165, 1.54) is 12.1 Å². The predicted octanol–water partition coefficient (Wildman–Crippen LogP) is 3.13. The Labute approximate surface area is 182 Å². The van der Waals surface area contributed by atoms with Crippen LogP contribution in [-0.2, 0) is 40.0 Å². The fraction of sp³-hybridized carbons (Fsp3) is 0.294. The Balaban J connectivity index is 2.28.